The van der Waals surface area contributed by atoms with Crippen LogP contribution in [0.15, 0.2) is 27.1 Å². The molecule has 1 N–H and O–H groups in total. The van der Waals surface area contributed by atoms with E-state index in [1.54, 1.807) is 11.3 Å². The number of halogens is 2. The molecule has 1 aromatic heterocycles. The molecule has 0 aliphatic heterocycles. The van der Waals surface area contributed by atoms with Crippen molar-refractivity contribution in [2.24, 2.45) is 0 Å². The molecule has 0 aliphatic rings. The van der Waals surface area contributed by atoms with E-state index in [0.717, 1.165) is 31.9 Å². The Morgan fingerprint density at radius 2 is 2.06 bits per heavy atom. The number of rotatable bonds is 3. The Labute approximate surface area is 122 Å². The van der Waals surface area contributed by atoms with Crippen LogP contribution >= 0.6 is 43.2 Å². The summed E-state index contributed by atoms with van der Waals surface area (Å²) in [6, 6.07) is 6.08. The van der Waals surface area contributed by atoms with Gasteiger partial charge in [0.25, 0.3) is 0 Å². The fourth-order valence-electron chi connectivity index (χ4n) is 1.42. The molecule has 0 fully saturated rings. The average Bonchev–Trinajstić information content (AvgIpc) is 2.60. The third-order valence-electron chi connectivity index (χ3n) is 2.43. The lowest BCUT2D eigenvalue weighted by Gasteiger charge is -2.07. The minimum absolute atomic E-state index is 0.758. The second-order valence-corrected chi connectivity index (χ2v) is 6.78. The van der Waals surface area contributed by atoms with Crippen LogP contribution in [0.4, 0.5) is 5.69 Å². The first-order chi connectivity index (χ1) is 8.06. The van der Waals surface area contributed by atoms with Gasteiger partial charge in [0, 0.05) is 19.5 Å². The molecule has 0 unspecified atom stereocenters. The zero-order valence-corrected chi connectivity index (χ0v) is 13.5. The van der Waals surface area contributed by atoms with Gasteiger partial charge in [0.1, 0.15) is 5.01 Å². The topological polar surface area (TPSA) is 24.9 Å². The van der Waals surface area contributed by atoms with Crippen molar-refractivity contribution in [1.82, 2.24) is 4.98 Å². The van der Waals surface area contributed by atoms with Crippen LogP contribution in [0.1, 0.15) is 15.6 Å². The van der Waals surface area contributed by atoms with Gasteiger partial charge in [-0.1, -0.05) is 15.9 Å². The highest BCUT2D eigenvalue weighted by molar-refractivity contribution is 9.11. The van der Waals surface area contributed by atoms with E-state index in [0.29, 0.717) is 0 Å². The molecule has 2 nitrogen and oxygen atoms in total. The number of nitrogens with zero attached hydrogens (tertiary/aromatic N) is 1. The second-order valence-electron chi connectivity index (χ2n) is 3.73. The van der Waals surface area contributed by atoms with Crippen LogP contribution in [-0.4, -0.2) is 4.98 Å². The SMILES string of the molecule is Cc1nc(CNc2cc(Br)ccc2Br)sc1C. The van der Waals surface area contributed by atoms with E-state index in [9.17, 15) is 0 Å². The fourth-order valence-corrected chi connectivity index (χ4v) is 3.04. The summed E-state index contributed by atoms with van der Waals surface area (Å²) in [5.41, 5.74) is 2.20. The van der Waals surface area contributed by atoms with Gasteiger partial charge in [-0.05, 0) is 48.0 Å². The molecule has 0 saturated carbocycles. The molecule has 0 spiro atoms. The molecule has 0 atom stereocenters. The lowest BCUT2D eigenvalue weighted by Crippen LogP contribution is -1.99. The van der Waals surface area contributed by atoms with Crippen molar-refractivity contribution in [3.8, 4) is 0 Å². The molecule has 0 bridgehead atoms. The van der Waals surface area contributed by atoms with Crippen molar-refractivity contribution in [2.75, 3.05) is 5.32 Å². The molecule has 0 aliphatic carbocycles. The molecule has 0 saturated heterocycles. The highest BCUT2D eigenvalue weighted by Crippen LogP contribution is 2.27. The van der Waals surface area contributed by atoms with Gasteiger partial charge < -0.3 is 5.32 Å². The van der Waals surface area contributed by atoms with Gasteiger partial charge in [-0.25, -0.2) is 4.98 Å². The van der Waals surface area contributed by atoms with Crippen LogP contribution in [0.3, 0.4) is 0 Å². The summed E-state index contributed by atoms with van der Waals surface area (Å²) in [6.07, 6.45) is 0. The highest BCUT2D eigenvalue weighted by Gasteiger charge is 2.05. The zero-order valence-electron chi connectivity index (χ0n) is 9.55. The molecule has 5 heteroatoms. The second kappa shape index (κ2) is 5.50. The van der Waals surface area contributed by atoms with E-state index in [-0.39, 0.29) is 0 Å². The zero-order chi connectivity index (χ0) is 12.4. The number of aromatic nitrogens is 1. The predicted molar refractivity (Wildman–Crippen MR) is 80.8 cm³/mol. The number of anilines is 1. The third kappa shape index (κ3) is 3.30. The molecule has 2 aromatic rings. The minimum atomic E-state index is 0.758. The maximum atomic E-state index is 4.51. The first-order valence-electron chi connectivity index (χ1n) is 5.18. The molecule has 1 aromatic carbocycles. The number of thiazole rings is 1. The number of hydrogen-bond donors (Lipinski definition) is 1. The Morgan fingerprint density at radius 3 is 2.71 bits per heavy atom. The average molecular weight is 376 g/mol. The van der Waals surface area contributed by atoms with E-state index in [1.807, 2.05) is 19.1 Å². The fraction of sp³-hybridized carbons (Fsp3) is 0.250. The summed E-state index contributed by atoms with van der Waals surface area (Å²) < 4.78 is 2.13. The summed E-state index contributed by atoms with van der Waals surface area (Å²) in [5, 5.41) is 4.50. The van der Waals surface area contributed by atoms with Crippen molar-refractivity contribution in [2.45, 2.75) is 20.4 Å². The van der Waals surface area contributed by atoms with Crippen molar-refractivity contribution in [3.05, 3.63) is 42.7 Å². The van der Waals surface area contributed by atoms with Gasteiger partial charge in [0.05, 0.1) is 12.2 Å². The van der Waals surface area contributed by atoms with Gasteiger partial charge in [-0.2, -0.15) is 0 Å². The maximum Gasteiger partial charge on any atom is 0.112 e. The molecule has 1 heterocycles. The Bertz CT molecular complexity index is 518. The summed E-state index contributed by atoms with van der Waals surface area (Å²) in [7, 11) is 0. The minimum Gasteiger partial charge on any atom is -0.378 e. The Balaban J connectivity index is 2.09. The largest absolute Gasteiger partial charge is 0.378 e. The van der Waals surface area contributed by atoms with Crippen molar-refractivity contribution in [3.63, 3.8) is 0 Å². The van der Waals surface area contributed by atoms with E-state index in [2.05, 4.69) is 55.2 Å². The highest BCUT2D eigenvalue weighted by atomic mass is 79.9. The van der Waals surface area contributed by atoms with E-state index in [1.165, 1.54) is 4.88 Å². The van der Waals surface area contributed by atoms with Gasteiger partial charge in [0.15, 0.2) is 0 Å². The first-order valence-corrected chi connectivity index (χ1v) is 7.58. The molecule has 90 valence electrons. The predicted octanol–water partition coefficient (Wildman–Crippen LogP) is 4.90. The molecule has 2 rings (SSSR count). The monoisotopic (exact) mass is 374 g/mol. The smallest absolute Gasteiger partial charge is 0.112 e. The van der Waals surface area contributed by atoms with Crippen LogP contribution in [0.25, 0.3) is 0 Å². The summed E-state index contributed by atoms with van der Waals surface area (Å²) >= 11 is 8.73. The van der Waals surface area contributed by atoms with Crippen molar-refractivity contribution < 1.29 is 0 Å². The number of hydrogen-bond acceptors (Lipinski definition) is 3. The van der Waals surface area contributed by atoms with Crippen LogP contribution in [-0.2, 0) is 6.54 Å². The number of nitrogens with one attached hydrogen (secondary N) is 1. The summed E-state index contributed by atoms with van der Waals surface area (Å²) in [6.45, 7) is 4.91. The van der Waals surface area contributed by atoms with Gasteiger partial charge in [0.2, 0.25) is 0 Å². The van der Waals surface area contributed by atoms with Gasteiger partial charge >= 0.3 is 0 Å². The van der Waals surface area contributed by atoms with E-state index in [4.69, 9.17) is 0 Å². The lowest BCUT2D eigenvalue weighted by molar-refractivity contribution is 1.07. The quantitative estimate of drug-likeness (QED) is 0.825. The van der Waals surface area contributed by atoms with Crippen molar-refractivity contribution in [1.29, 1.82) is 0 Å². The number of benzene rings is 1. The van der Waals surface area contributed by atoms with Crippen LogP contribution in [0.5, 0.6) is 0 Å². The lowest BCUT2D eigenvalue weighted by atomic mass is 10.3. The van der Waals surface area contributed by atoms with Gasteiger partial charge in [-0.15, -0.1) is 11.3 Å². The molecule has 0 radical (unpaired) electrons. The van der Waals surface area contributed by atoms with E-state index >= 15 is 0 Å². The Morgan fingerprint density at radius 1 is 1.29 bits per heavy atom. The maximum absolute atomic E-state index is 4.51. The van der Waals surface area contributed by atoms with Gasteiger partial charge in [-0.3, -0.25) is 0 Å². The number of aryl methyl sites for hydroxylation is 2. The van der Waals surface area contributed by atoms with Crippen LogP contribution in [0, 0.1) is 13.8 Å². The first kappa shape index (κ1) is 13.1. The molecule has 17 heavy (non-hydrogen) atoms. The molecule has 0 amide bonds. The van der Waals surface area contributed by atoms with Crippen LogP contribution < -0.4 is 5.32 Å². The summed E-state index contributed by atoms with van der Waals surface area (Å²) in [5.74, 6) is 0. The summed E-state index contributed by atoms with van der Waals surface area (Å²) in [4.78, 5) is 5.79. The Kier molecular flexibility index (Phi) is 4.22. The van der Waals surface area contributed by atoms with E-state index < -0.39 is 0 Å². The Hall–Kier alpha value is -0.390. The molecular formula is C12H12Br2N2S. The van der Waals surface area contributed by atoms with Crippen molar-refractivity contribution >= 4 is 48.9 Å². The normalized spacial score (nSPS) is 10.6. The third-order valence-corrected chi connectivity index (χ3v) is 4.69. The molecular weight excluding hydrogens is 364 g/mol. The standard InChI is InChI=1S/C12H12Br2N2S/c1-7-8(2)17-12(16-7)6-15-11-5-9(13)3-4-10(11)14/h3-5,15H,6H2,1-2H3. The van der Waals surface area contributed by atoms with Crippen LogP contribution in [0.2, 0.25) is 0 Å².